The zero-order chi connectivity index (χ0) is 25.8. The van der Waals surface area contributed by atoms with Crippen LogP contribution in [0.3, 0.4) is 0 Å². The second-order valence-electron chi connectivity index (χ2n) is 9.68. The largest absolute Gasteiger partial charge is 0.364 e. The summed E-state index contributed by atoms with van der Waals surface area (Å²) < 4.78 is 16.5. The van der Waals surface area contributed by atoms with E-state index in [1.807, 2.05) is 0 Å². The Hall–Kier alpha value is -3.92. The van der Waals surface area contributed by atoms with Crippen molar-refractivity contribution in [3.8, 4) is 0 Å². The molecular formula is C26H24ClFN6O3. The third-order valence-electron chi connectivity index (χ3n) is 7.59. The molecule has 1 saturated carbocycles. The van der Waals surface area contributed by atoms with E-state index in [4.69, 9.17) is 17.3 Å². The van der Waals surface area contributed by atoms with Crippen molar-refractivity contribution in [3.05, 3.63) is 64.7 Å². The van der Waals surface area contributed by atoms with Gasteiger partial charge in [-0.15, -0.1) is 0 Å². The lowest BCUT2D eigenvalue weighted by Gasteiger charge is -2.34. The molecular weight excluding hydrogens is 499 g/mol. The Labute approximate surface area is 215 Å². The van der Waals surface area contributed by atoms with Gasteiger partial charge in [-0.3, -0.25) is 19.1 Å². The molecule has 1 aliphatic carbocycles. The van der Waals surface area contributed by atoms with Gasteiger partial charge in [-0.05, 0) is 37.3 Å². The molecule has 3 atom stereocenters. The minimum absolute atomic E-state index is 0.0240. The van der Waals surface area contributed by atoms with Gasteiger partial charge in [0.15, 0.2) is 5.69 Å². The number of benzene rings is 2. The summed E-state index contributed by atoms with van der Waals surface area (Å²) in [5.41, 5.74) is 7.08. The van der Waals surface area contributed by atoms with Gasteiger partial charge >= 0.3 is 0 Å². The quantitative estimate of drug-likeness (QED) is 0.359. The van der Waals surface area contributed by atoms with Crippen LogP contribution in [0.25, 0.3) is 21.8 Å². The number of nitrogens with one attached hydrogen (secondary N) is 2. The predicted octanol–water partition coefficient (Wildman–Crippen LogP) is 3.10. The summed E-state index contributed by atoms with van der Waals surface area (Å²) in [6.07, 6.45) is 3.94. The van der Waals surface area contributed by atoms with Gasteiger partial charge in [-0.25, -0.2) is 4.39 Å². The van der Waals surface area contributed by atoms with Crippen molar-refractivity contribution in [1.82, 2.24) is 25.0 Å². The van der Waals surface area contributed by atoms with Gasteiger partial charge in [0.05, 0.1) is 15.9 Å². The number of carbonyl (C=O) groups is 3. The molecule has 9 nitrogen and oxygen atoms in total. The van der Waals surface area contributed by atoms with Gasteiger partial charge in [0, 0.05) is 35.2 Å². The second kappa shape index (κ2) is 8.88. The summed E-state index contributed by atoms with van der Waals surface area (Å²) in [6.45, 7) is -0.151. The molecule has 4 aromatic rings. The molecule has 6 rings (SSSR count). The van der Waals surface area contributed by atoms with Crippen LogP contribution in [0, 0.1) is 11.7 Å². The Balaban J connectivity index is 1.22. The van der Waals surface area contributed by atoms with Crippen LogP contribution in [0.2, 0.25) is 5.02 Å². The smallest absolute Gasteiger partial charge is 0.269 e. The maximum absolute atomic E-state index is 15.0. The average Bonchev–Trinajstić information content (AvgIpc) is 3.66. The number of likely N-dealkylation sites (tertiary alicyclic amines) is 1. The average molecular weight is 523 g/mol. The topological polar surface area (TPSA) is 126 Å². The normalized spacial score (nSPS) is 20.7. The maximum atomic E-state index is 15.0. The fraction of sp³-hybridized carbons (Fsp3) is 0.308. The number of aromatic amines is 1. The van der Waals surface area contributed by atoms with Crippen LogP contribution in [0.4, 0.5) is 4.39 Å². The number of halogens is 2. The number of para-hydroxylation sites is 1. The fourth-order valence-corrected chi connectivity index (χ4v) is 6.17. The summed E-state index contributed by atoms with van der Waals surface area (Å²) in [7, 11) is 0. The minimum Gasteiger partial charge on any atom is -0.364 e. The van der Waals surface area contributed by atoms with E-state index in [-0.39, 0.29) is 53.0 Å². The van der Waals surface area contributed by atoms with Gasteiger partial charge in [-0.1, -0.05) is 35.9 Å². The lowest BCUT2D eigenvalue weighted by atomic mass is 9.97. The summed E-state index contributed by atoms with van der Waals surface area (Å²) in [5, 5.41) is 8.24. The highest BCUT2D eigenvalue weighted by Gasteiger charge is 2.51. The van der Waals surface area contributed by atoms with E-state index < -0.39 is 17.8 Å². The second-order valence-corrected chi connectivity index (χ2v) is 10.1. The predicted molar refractivity (Wildman–Crippen MR) is 135 cm³/mol. The van der Waals surface area contributed by atoms with E-state index >= 15 is 4.39 Å². The molecule has 2 aliphatic rings. The molecule has 37 heavy (non-hydrogen) atoms. The van der Waals surface area contributed by atoms with Gasteiger partial charge in [0.25, 0.3) is 5.91 Å². The van der Waals surface area contributed by atoms with Gasteiger partial charge in [-0.2, -0.15) is 5.10 Å². The van der Waals surface area contributed by atoms with E-state index in [1.165, 1.54) is 10.9 Å². The van der Waals surface area contributed by atoms with Gasteiger partial charge in [0.2, 0.25) is 11.8 Å². The first-order valence-electron chi connectivity index (χ1n) is 12.1. The first-order chi connectivity index (χ1) is 17.8. The minimum atomic E-state index is -0.675. The SMILES string of the molecule is NC(=O)c1nn(CC(=O)N2C3CC[C@@H](C3)[C@H]2C(=O)NCc2ccc3[nH]cc(Cl)c3c2F)c2ccccc12. The van der Waals surface area contributed by atoms with Crippen molar-refractivity contribution in [3.63, 3.8) is 0 Å². The Morgan fingerprint density at radius 2 is 2.00 bits per heavy atom. The summed E-state index contributed by atoms with van der Waals surface area (Å²) >= 11 is 6.10. The lowest BCUT2D eigenvalue weighted by molar-refractivity contribution is -0.143. The molecule has 1 unspecified atom stereocenters. The van der Waals surface area contributed by atoms with Gasteiger partial charge in [0.1, 0.15) is 18.4 Å². The van der Waals surface area contributed by atoms with Gasteiger partial charge < -0.3 is 20.9 Å². The molecule has 0 spiro atoms. The number of H-pyrrole nitrogens is 1. The Morgan fingerprint density at radius 3 is 2.81 bits per heavy atom. The van der Waals surface area contributed by atoms with Crippen molar-refractivity contribution in [1.29, 1.82) is 0 Å². The van der Waals surface area contributed by atoms with Crippen molar-refractivity contribution >= 4 is 51.1 Å². The number of fused-ring (bicyclic) bond motifs is 4. The van der Waals surface area contributed by atoms with Crippen LogP contribution in [-0.4, -0.2) is 49.5 Å². The summed E-state index contributed by atoms with van der Waals surface area (Å²) in [5.74, 6) is -1.70. The maximum Gasteiger partial charge on any atom is 0.269 e. The standard InChI is InChI=1S/C26H24ClFN6O3/c27-17-11-30-18-8-6-14(22(28)21(17)18)10-31-26(37)24-13-5-7-15(9-13)34(24)20(35)12-33-19-4-2-1-3-16(19)23(32-33)25(29)36/h1-4,6,8,11,13,15,24,30H,5,7,9-10,12H2,(H2,29,36)(H,31,37)/t13-,15?,24-/m0/s1. The van der Waals surface area contributed by atoms with Crippen LogP contribution in [-0.2, 0) is 22.7 Å². The Morgan fingerprint density at radius 1 is 1.19 bits per heavy atom. The van der Waals surface area contributed by atoms with Crippen LogP contribution in [0.1, 0.15) is 35.3 Å². The molecule has 1 saturated heterocycles. The van der Waals surface area contributed by atoms with Crippen molar-refractivity contribution in [2.45, 2.75) is 44.4 Å². The van der Waals surface area contributed by atoms with Crippen molar-refractivity contribution in [2.75, 3.05) is 0 Å². The Bertz CT molecular complexity index is 1580. The highest BCUT2D eigenvalue weighted by molar-refractivity contribution is 6.35. The van der Waals surface area contributed by atoms with E-state index in [9.17, 15) is 14.4 Å². The molecule has 3 amide bonds. The number of primary amides is 1. The highest BCUT2D eigenvalue weighted by Crippen LogP contribution is 2.43. The number of aromatic nitrogens is 3. The zero-order valence-corrected chi connectivity index (χ0v) is 20.5. The van der Waals surface area contributed by atoms with Crippen molar-refractivity contribution in [2.24, 2.45) is 11.7 Å². The van der Waals surface area contributed by atoms with E-state index in [2.05, 4.69) is 15.4 Å². The first kappa shape index (κ1) is 23.5. The Kier molecular flexibility index (Phi) is 5.63. The summed E-state index contributed by atoms with van der Waals surface area (Å²) in [6, 6.07) is 9.69. The van der Waals surface area contributed by atoms with Crippen LogP contribution in [0.5, 0.6) is 0 Å². The molecule has 190 valence electrons. The number of hydrogen-bond donors (Lipinski definition) is 3. The number of rotatable bonds is 6. The van der Waals surface area contributed by atoms with Crippen LogP contribution < -0.4 is 11.1 Å². The van der Waals surface area contributed by atoms with E-state index in [0.717, 1.165) is 19.3 Å². The number of hydrogen-bond acceptors (Lipinski definition) is 4. The molecule has 11 heteroatoms. The zero-order valence-electron chi connectivity index (χ0n) is 19.7. The molecule has 4 N–H and O–H groups in total. The highest BCUT2D eigenvalue weighted by atomic mass is 35.5. The molecule has 2 aromatic carbocycles. The number of carbonyl (C=O) groups excluding carboxylic acids is 3. The van der Waals surface area contributed by atoms with E-state index in [0.29, 0.717) is 22.0 Å². The number of amides is 3. The molecule has 1 aliphatic heterocycles. The fourth-order valence-electron chi connectivity index (χ4n) is 5.93. The van der Waals surface area contributed by atoms with Crippen molar-refractivity contribution < 1.29 is 18.8 Å². The van der Waals surface area contributed by atoms with Crippen LogP contribution >= 0.6 is 11.6 Å². The number of nitrogens with two attached hydrogens (primary N) is 1. The number of piperidine rings is 1. The molecule has 3 heterocycles. The number of nitrogens with zero attached hydrogens (tertiary/aromatic N) is 3. The third kappa shape index (κ3) is 3.83. The third-order valence-corrected chi connectivity index (χ3v) is 7.88. The molecule has 2 bridgehead atoms. The molecule has 2 fully saturated rings. The monoisotopic (exact) mass is 522 g/mol. The molecule has 2 aromatic heterocycles. The summed E-state index contributed by atoms with van der Waals surface area (Å²) in [4.78, 5) is 43.3. The lowest BCUT2D eigenvalue weighted by Crippen LogP contribution is -2.53. The van der Waals surface area contributed by atoms with Crippen LogP contribution in [0.15, 0.2) is 42.6 Å². The molecule has 0 radical (unpaired) electrons. The first-order valence-corrected chi connectivity index (χ1v) is 12.5. The van der Waals surface area contributed by atoms with E-state index in [1.54, 1.807) is 41.3 Å².